The zero-order chi connectivity index (χ0) is 50.0. The van der Waals surface area contributed by atoms with Crippen LogP contribution in [0.15, 0.2) is 12.2 Å². The number of esters is 1. The van der Waals surface area contributed by atoms with Gasteiger partial charge in [-0.2, -0.15) is 0 Å². The highest BCUT2D eigenvalue weighted by atomic mass is 16.8. The van der Waals surface area contributed by atoms with E-state index in [0.717, 1.165) is 24.8 Å². The summed E-state index contributed by atoms with van der Waals surface area (Å²) in [6, 6.07) is 0. The molecule has 0 aromatic carbocycles. The highest BCUT2D eigenvalue weighted by Gasteiger charge is 2.69. The first-order valence-electron chi connectivity index (χ1n) is 23.7. The third-order valence-corrected chi connectivity index (χ3v) is 17.2. The minimum Gasteiger partial charge on any atom is -0.435 e. The molecule has 1 spiro atoms. The van der Waals surface area contributed by atoms with Crippen molar-refractivity contribution in [3.05, 3.63) is 12.2 Å². The van der Waals surface area contributed by atoms with Crippen LogP contribution in [-0.2, 0) is 38.0 Å². The molecule has 8 rings (SSSR count). The van der Waals surface area contributed by atoms with Gasteiger partial charge in [-0.15, -0.1) is 0 Å². The van der Waals surface area contributed by atoms with Gasteiger partial charge in [0, 0.05) is 5.92 Å². The van der Waals surface area contributed by atoms with Crippen LogP contribution in [0.5, 0.6) is 0 Å². The van der Waals surface area contributed by atoms with Gasteiger partial charge in [-0.05, 0) is 86.5 Å². The summed E-state index contributed by atoms with van der Waals surface area (Å²) in [5, 5.41) is 149. The maximum absolute atomic E-state index is 14.2. The Balaban J connectivity index is 0.000000498. The Labute approximate surface area is 393 Å². The van der Waals surface area contributed by atoms with Crippen molar-refractivity contribution in [3.63, 3.8) is 0 Å². The first kappa shape index (κ1) is 54.2. The van der Waals surface area contributed by atoms with Crippen LogP contribution in [0.25, 0.3) is 0 Å². The van der Waals surface area contributed by atoms with Gasteiger partial charge in [0.25, 0.3) is 0 Å². The molecular weight excluding hydrogens is 908 g/mol. The Morgan fingerprint density at radius 2 is 1.12 bits per heavy atom. The minimum absolute atomic E-state index is 0.0443. The molecule has 2 bridgehead atoms. The average Bonchev–Trinajstić information content (AvgIpc) is 3.51. The zero-order valence-electron chi connectivity index (χ0n) is 38.6. The van der Waals surface area contributed by atoms with E-state index in [1.165, 1.54) is 0 Å². The molecule has 23 nitrogen and oxygen atoms in total. The number of carbonyl (C=O) groups is 1. The second kappa shape index (κ2) is 20.7. The number of fused-ring (bicyclic) bond motifs is 3. The predicted molar refractivity (Wildman–Crippen MR) is 226 cm³/mol. The molecule has 22 unspecified atom stereocenters. The summed E-state index contributed by atoms with van der Waals surface area (Å²) in [7, 11) is 0. The number of hydrogen-bond acceptors (Lipinski definition) is 23. The Bertz CT molecular complexity index is 1740. The molecule has 392 valence electrons. The van der Waals surface area contributed by atoms with Crippen LogP contribution in [0.1, 0.15) is 78.6 Å². The van der Waals surface area contributed by atoms with Gasteiger partial charge in [-0.1, -0.05) is 26.8 Å². The van der Waals surface area contributed by atoms with Gasteiger partial charge in [-0.25, -0.2) is 0 Å². The summed E-state index contributed by atoms with van der Waals surface area (Å²) in [6.07, 6.45) is -21.3. The zero-order valence-corrected chi connectivity index (χ0v) is 38.6. The standard InChI is InChI=1S/C39H62O17.C6H12O6/c1-17-12-38-10-6-22-36(3,8-5-9-37(22,4)35(50)55-32-18(2)24(43)25(44)19(13-40)51-32)23(38)7-11-39(17,16-38)56-34-31(29(48)27(46)21(15-42)53-34)54-33-30(49)28(47)26(45)20(14-41)52-33;7-1-2-3(8)4(9)5(10)6(11)12-2/h18-34,40-49H,1,5-16H2,2-4H3;2-11H,1H2/t18?,19?,20?,21?,22?,23-,24?,25?,26?,27?,28?,29?,30?,31?,32?,33?,34?,36+,37+,38+,39?;/m0./s1. The molecule has 0 amide bonds. The second-order valence-corrected chi connectivity index (χ2v) is 21.1. The van der Waals surface area contributed by atoms with E-state index >= 15 is 0 Å². The largest absolute Gasteiger partial charge is 0.435 e. The predicted octanol–water partition coefficient (Wildman–Crippen LogP) is -4.88. The molecular formula is C45H74O23. The van der Waals surface area contributed by atoms with Gasteiger partial charge in [-0.3, -0.25) is 4.79 Å². The summed E-state index contributed by atoms with van der Waals surface area (Å²) in [4.78, 5) is 14.2. The molecule has 0 radical (unpaired) electrons. The van der Waals surface area contributed by atoms with Crippen molar-refractivity contribution in [1.82, 2.24) is 0 Å². The molecule has 4 saturated heterocycles. The highest BCUT2D eigenvalue weighted by Crippen LogP contribution is 2.73. The lowest BCUT2D eigenvalue weighted by Crippen LogP contribution is -2.65. The van der Waals surface area contributed by atoms with Gasteiger partial charge in [0.05, 0.1) is 43.5 Å². The van der Waals surface area contributed by atoms with Gasteiger partial charge in [0.2, 0.25) is 6.29 Å². The molecule has 0 aromatic heterocycles. The Hall–Kier alpha value is -1.63. The summed E-state index contributed by atoms with van der Waals surface area (Å²) in [6.45, 7) is 7.92. The fraction of sp³-hybridized carbons (Fsp3) is 0.933. The summed E-state index contributed by atoms with van der Waals surface area (Å²) in [5.41, 5.74) is -1.53. The number of hydrogen-bond donors (Lipinski definition) is 15. The summed E-state index contributed by atoms with van der Waals surface area (Å²) >= 11 is 0. The van der Waals surface area contributed by atoms with E-state index < -0.39 is 166 Å². The molecule has 26 atom stereocenters. The molecule has 4 aliphatic carbocycles. The molecule has 8 fully saturated rings. The molecule has 0 aromatic rings. The van der Waals surface area contributed by atoms with Crippen LogP contribution in [0.4, 0.5) is 0 Å². The van der Waals surface area contributed by atoms with Crippen molar-refractivity contribution in [2.75, 3.05) is 26.4 Å². The second-order valence-electron chi connectivity index (χ2n) is 21.1. The molecule has 4 heterocycles. The van der Waals surface area contributed by atoms with Gasteiger partial charge >= 0.3 is 5.97 Å². The lowest BCUT2D eigenvalue weighted by Gasteiger charge is -2.64. The lowest BCUT2D eigenvalue weighted by atomic mass is 9.41. The van der Waals surface area contributed by atoms with E-state index in [-0.39, 0.29) is 22.7 Å². The third kappa shape index (κ3) is 9.34. The molecule has 15 N–H and O–H groups in total. The van der Waals surface area contributed by atoms with Crippen molar-refractivity contribution >= 4 is 5.97 Å². The number of aliphatic hydroxyl groups excluding tert-OH is 15. The fourth-order valence-electron chi connectivity index (χ4n) is 13.3. The van der Waals surface area contributed by atoms with Crippen molar-refractivity contribution < 1.29 is 115 Å². The normalized spacial score (nSPS) is 53.6. The quantitative estimate of drug-likeness (QED) is 0.0554. The summed E-state index contributed by atoms with van der Waals surface area (Å²) < 4.78 is 40.7. The van der Waals surface area contributed by atoms with Gasteiger partial charge < -0.3 is 110 Å². The van der Waals surface area contributed by atoms with Crippen LogP contribution >= 0.6 is 0 Å². The molecule has 4 aliphatic heterocycles. The van der Waals surface area contributed by atoms with E-state index in [1.807, 2.05) is 6.92 Å². The molecule has 68 heavy (non-hydrogen) atoms. The van der Waals surface area contributed by atoms with Crippen molar-refractivity contribution in [3.8, 4) is 0 Å². The fourth-order valence-corrected chi connectivity index (χ4v) is 13.3. The van der Waals surface area contributed by atoms with E-state index in [4.69, 9.17) is 54.0 Å². The van der Waals surface area contributed by atoms with Crippen LogP contribution in [0, 0.1) is 34.0 Å². The smallest absolute Gasteiger partial charge is 0.314 e. The van der Waals surface area contributed by atoms with E-state index in [9.17, 15) is 55.9 Å². The Kier molecular flexibility index (Phi) is 16.5. The van der Waals surface area contributed by atoms with Crippen LogP contribution in [0.3, 0.4) is 0 Å². The lowest BCUT2D eigenvalue weighted by molar-refractivity contribution is -0.378. The molecule has 4 saturated carbocycles. The van der Waals surface area contributed by atoms with Crippen LogP contribution < -0.4 is 0 Å². The van der Waals surface area contributed by atoms with Crippen molar-refractivity contribution in [2.24, 2.45) is 34.0 Å². The minimum atomic E-state index is -1.79. The average molecular weight is 983 g/mol. The Morgan fingerprint density at radius 1 is 0.603 bits per heavy atom. The van der Waals surface area contributed by atoms with E-state index in [0.29, 0.717) is 38.5 Å². The molecule has 8 aliphatic rings. The number of aliphatic hydroxyl groups is 15. The Morgan fingerprint density at radius 3 is 1.72 bits per heavy atom. The molecule has 23 heteroatoms. The monoisotopic (exact) mass is 982 g/mol. The third-order valence-electron chi connectivity index (χ3n) is 17.2. The van der Waals surface area contributed by atoms with E-state index in [2.05, 4.69) is 18.2 Å². The van der Waals surface area contributed by atoms with Crippen molar-refractivity contribution in [1.29, 1.82) is 0 Å². The number of ether oxygens (including phenoxy) is 7. The first-order valence-corrected chi connectivity index (χ1v) is 23.7. The summed E-state index contributed by atoms with van der Waals surface area (Å²) in [5.74, 6) is -1.01. The van der Waals surface area contributed by atoms with Crippen LogP contribution in [-0.4, -0.2) is 231 Å². The maximum atomic E-state index is 14.2. The number of carbonyl (C=O) groups excluding carboxylic acids is 1. The maximum Gasteiger partial charge on any atom is 0.314 e. The highest BCUT2D eigenvalue weighted by molar-refractivity contribution is 5.77. The number of rotatable bonds is 10. The van der Waals surface area contributed by atoms with Gasteiger partial charge in [0.15, 0.2) is 18.9 Å². The van der Waals surface area contributed by atoms with Gasteiger partial charge in [0.1, 0.15) is 85.5 Å². The first-order chi connectivity index (χ1) is 32.0. The van der Waals surface area contributed by atoms with Crippen LogP contribution in [0.2, 0.25) is 0 Å². The SMILES string of the molecule is C=C1C[C@@]23CCC4[C@](C)(C(=O)OC5OC(CO)C(O)C(O)C5C)CCC[C@@]4(C)[C@@H]2CCC1(OC1OC(CO)C(O)C(O)C1OC1OC(CO)C(O)C(O)C1O)C3.OCC1OC(O)C(O)C(O)C1O. The van der Waals surface area contributed by atoms with Crippen molar-refractivity contribution in [2.45, 2.75) is 201 Å². The van der Waals surface area contributed by atoms with E-state index in [1.54, 1.807) is 6.92 Å². The topological polar surface area (TPSA) is 385 Å².